The lowest BCUT2D eigenvalue weighted by molar-refractivity contribution is 0.0913. The van der Waals surface area contributed by atoms with Crippen LogP contribution >= 0.6 is 22.9 Å². The van der Waals surface area contributed by atoms with E-state index in [0.29, 0.717) is 16.3 Å². The van der Waals surface area contributed by atoms with Gasteiger partial charge in [-0.15, -0.1) is 11.3 Å². The molecule has 0 radical (unpaired) electrons. The normalized spacial score (nSPS) is 11.3. The van der Waals surface area contributed by atoms with Gasteiger partial charge in [0.25, 0.3) is 5.91 Å². The molecule has 100 valence electrons. The zero-order valence-corrected chi connectivity index (χ0v) is 12.2. The Morgan fingerprint density at radius 3 is 2.79 bits per heavy atom. The molecule has 0 aliphatic carbocycles. The second-order valence-corrected chi connectivity index (χ2v) is 5.98. The van der Waals surface area contributed by atoms with Gasteiger partial charge in [0.15, 0.2) is 0 Å². The van der Waals surface area contributed by atoms with Crippen LogP contribution in [0.2, 0.25) is 5.02 Å². The number of carbonyl (C=O) groups excluding carboxylic acids is 1. The van der Waals surface area contributed by atoms with Crippen molar-refractivity contribution in [3.05, 3.63) is 45.4 Å². The number of nitrogens with zero attached hydrogens (tertiary/aromatic N) is 1. The number of hydrogen-bond acceptors (Lipinski definition) is 4. The maximum atomic E-state index is 12.2. The smallest absolute Gasteiger partial charge is 0.254 e. The van der Waals surface area contributed by atoms with Crippen molar-refractivity contribution in [1.82, 2.24) is 10.3 Å². The third kappa shape index (κ3) is 3.05. The average molecular weight is 296 g/mol. The number of benzene rings is 1. The van der Waals surface area contributed by atoms with Gasteiger partial charge < -0.3 is 11.1 Å². The molecule has 1 amide bonds. The first-order valence-corrected chi connectivity index (χ1v) is 6.93. The number of anilines is 1. The molecule has 0 aliphatic rings. The molecule has 3 N–H and O–H groups in total. The summed E-state index contributed by atoms with van der Waals surface area (Å²) in [5.41, 5.74) is 6.03. The maximum Gasteiger partial charge on any atom is 0.254 e. The Morgan fingerprint density at radius 2 is 2.21 bits per heavy atom. The van der Waals surface area contributed by atoms with Crippen molar-refractivity contribution in [1.29, 1.82) is 0 Å². The monoisotopic (exact) mass is 295 g/mol. The van der Waals surface area contributed by atoms with Crippen LogP contribution in [0.3, 0.4) is 0 Å². The van der Waals surface area contributed by atoms with Crippen LogP contribution in [0.15, 0.2) is 29.8 Å². The van der Waals surface area contributed by atoms with Gasteiger partial charge in [0.05, 0.1) is 11.1 Å². The number of aromatic nitrogens is 1. The molecule has 2 aromatic rings. The molecule has 0 bridgehead atoms. The topological polar surface area (TPSA) is 68.0 Å². The van der Waals surface area contributed by atoms with Crippen molar-refractivity contribution in [3.8, 4) is 0 Å². The number of halogens is 1. The van der Waals surface area contributed by atoms with E-state index in [9.17, 15) is 4.79 Å². The van der Waals surface area contributed by atoms with Crippen molar-refractivity contribution in [3.63, 3.8) is 0 Å². The van der Waals surface area contributed by atoms with Crippen molar-refractivity contribution >= 4 is 34.5 Å². The summed E-state index contributed by atoms with van der Waals surface area (Å²) >= 11 is 7.31. The fourth-order valence-corrected chi connectivity index (χ4v) is 2.58. The first-order chi connectivity index (χ1) is 8.90. The fraction of sp³-hybridized carbons (Fsp3) is 0.231. The van der Waals surface area contributed by atoms with E-state index in [-0.39, 0.29) is 5.91 Å². The number of thiazole rings is 1. The van der Waals surface area contributed by atoms with E-state index in [2.05, 4.69) is 10.3 Å². The molecule has 1 aromatic heterocycles. The summed E-state index contributed by atoms with van der Waals surface area (Å²) in [5, 5.41) is 6.14. The predicted molar refractivity (Wildman–Crippen MR) is 78.5 cm³/mol. The Kier molecular flexibility index (Phi) is 3.78. The Labute approximate surface area is 120 Å². The van der Waals surface area contributed by atoms with Gasteiger partial charge in [0.2, 0.25) is 0 Å². The van der Waals surface area contributed by atoms with E-state index in [4.69, 9.17) is 17.3 Å². The van der Waals surface area contributed by atoms with Gasteiger partial charge in [-0.3, -0.25) is 4.79 Å². The van der Waals surface area contributed by atoms with Crippen molar-refractivity contribution in [2.45, 2.75) is 19.4 Å². The molecular formula is C13H14ClN3OS. The van der Waals surface area contributed by atoms with Gasteiger partial charge >= 0.3 is 0 Å². The van der Waals surface area contributed by atoms with E-state index in [1.165, 1.54) is 11.3 Å². The highest BCUT2D eigenvalue weighted by Crippen LogP contribution is 2.24. The third-order valence-electron chi connectivity index (χ3n) is 2.65. The van der Waals surface area contributed by atoms with Crippen LogP contribution in [-0.2, 0) is 5.54 Å². The summed E-state index contributed by atoms with van der Waals surface area (Å²) < 4.78 is 0. The van der Waals surface area contributed by atoms with Crippen molar-refractivity contribution in [2.75, 3.05) is 5.73 Å². The molecule has 0 aliphatic heterocycles. The SMILES string of the molecule is CC(C)(NC(=O)c1ccc(Cl)cc1N)c1nccs1. The molecule has 1 aromatic carbocycles. The van der Waals surface area contributed by atoms with E-state index < -0.39 is 5.54 Å². The highest BCUT2D eigenvalue weighted by atomic mass is 35.5. The van der Waals surface area contributed by atoms with Gasteiger partial charge in [-0.05, 0) is 32.0 Å². The molecule has 19 heavy (non-hydrogen) atoms. The largest absolute Gasteiger partial charge is 0.398 e. The van der Waals surface area contributed by atoms with Crippen LogP contribution < -0.4 is 11.1 Å². The van der Waals surface area contributed by atoms with Crippen molar-refractivity contribution < 1.29 is 4.79 Å². The van der Waals surface area contributed by atoms with Gasteiger partial charge in [-0.2, -0.15) is 0 Å². The summed E-state index contributed by atoms with van der Waals surface area (Å²) in [6, 6.07) is 4.82. The van der Waals surface area contributed by atoms with Gasteiger partial charge in [0, 0.05) is 22.3 Å². The Bertz CT molecular complexity index is 596. The van der Waals surface area contributed by atoms with Gasteiger partial charge in [-0.1, -0.05) is 11.6 Å². The lowest BCUT2D eigenvalue weighted by Crippen LogP contribution is -2.41. The molecule has 1 heterocycles. The van der Waals surface area contributed by atoms with Gasteiger partial charge in [-0.25, -0.2) is 4.98 Å². The number of nitrogen functional groups attached to an aromatic ring is 1. The number of nitrogens with two attached hydrogens (primary N) is 1. The summed E-state index contributed by atoms with van der Waals surface area (Å²) in [4.78, 5) is 16.5. The number of hydrogen-bond donors (Lipinski definition) is 2. The lowest BCUT2D eigenvalue weighted by atomic mass is 10.1. The Hall–Kier alpha value is -1.59. The van der Waals surface area contributed by atoms with E-state index >= 15 is 0 Å². The number of amides is 1. The molecule has 0 fully saturated rings. The number of nitrogens with one attached hydrogen (secondary N) is 1. The van der Waals surface area contributed by atoms with Crippen LogP contribution in [0.25, 0.3) is 0 Å². The second kappa shape index (κ2) is 5.19. The summed E-state index contributed by atoms with van der Waals surface area (Å²) in [5.74, 6) is -0.241. The minimum Gasteiger partial charge on any atom is -0.398 e. The summed E-state index contributed by atoms with van der Waals surface area (Å²) in [7, 11) is 0. The molecule has 0 spiro atoms. The van der Waals surface area contributed by atoms with Crippen LogP contribution in [-0.4, -0.2) is 10.9 Å². The quantitative estimate of drug-likeness (QED) is 0.855. The summed E-state index contributed by atoms with van der Waals surface area (Å²) in [6.07, 6.45) is 1.71. The molecule has 0 unspecified atom stereocenters. The van der Waals surface area contributed by atoms with E-state index in [0.717, 1.165) is 5.01 Å². The minimum absolute atomic E-state index is 0.241. The first-order valence-electron chi connectivity index (χ1n) is 5.67. The minimum atomic E-state index is -0.544. The zero-order chi connectivity index (χ0) is 14.0. The first kappa shape index (κ1) is 13.8. The second-order valence-electron chi connectivity index (χ2n) is 4.65. The highest BCUT2D eigenvalue weighted by molar-refractivity contribution is 7.09. The molecule has 4 nitrogen and oxygen atoms in total. The van der Waals surface area contributed by atoms with E-state index in [1.807, 2.05) is 19.2 Å². The number of rotatable bonds is 3. The fourth-order valence-electron chi connectivity index (χ4n) is 1.68. The molecule has 6 heteroatoms. The molecule has 2 rings (SSSR count). The van der Waals surface area contributed by atoms with Crippen LogP contribution in [0, 0.1) is 0 Å². The van der Waals surface area contributed by atoms with Gasteiger partial charge in [0.1, 0.15) is 5.01 Å². The van der Waals surface area contributed by atoms with Crippen LogP contribution in [0.4, 0.5) is 5.69 Å². The molecule has 0 saturated heterocycles. The lowest BCUT2D eigenvalue weighted by Gasteiger charge is -2.24. The molecular weight excluding hydrogens is 282 g/mol. The molecule has 0 atom stereocenters. The van der Waals surface area contributed by atoms with E-state index in [1.54, 1.807) is 24.4 Å². The van der Waals surface area contributed by atoms with Crippen LogP contribution in [0.1, 0.15) is 29.2 Å². The number of carbonyl (C=O) groups is 1. The third-order valence-corrected chi connectivity index (χ3v) is 3.98. The molecule has 0 saturated carbocycles. The Balaban J connectivity index is 2.21. The highest BCUT2D eigenvalue weighted by Gasteiger charge is 2.26. The predicted octanol–water partition coefficient (Wildman–Crippen LogP) is 3.04. The van der Waals surface area contributed by atoms with Crippen molar-refractivity contribution in [2.24, 2.45) is 0 Å². The zero-order valence-electron chi connectivity index (χ0n) is 10.6. The maximum absolute atomic E-state index is 12.2. The van der Waals surface area contributed by atoms with Crippen LogP contribution in [0.5, 0.6) is 0 Å². The average Bonchev–Trinajstić information content (AvgIpc) is 2.81. The standard InChI is InChI=1S/C13H14ClN3OS/c1-13(2,12-16-5-6-19-12)17-11(18)9-4-3-8(14)7-10(9)15/h3-7H,15H2,1-2H3,(H,17,18). The Morgan fingerprint density at radius 1 is 1.47 bits per heavy atom. The summed E-state index contributed by atoms with van der Waals surface area (Å²) in [6.45, 7) is 3.80.